The SMILES string of the molecule is c1ccc2c(c1)-c1ccccc1C21c2ccccc2-c2cccc(N(c3ccc(-c4ccc5ccccc5c4)cc3)c3ccc4c5ccccc5c5ccccc5c4c3)c21. The summed E-state index contributed by atoms with van der Waals surface area (Å²) in [6.07, 6.45) is 0. The zero-order valence-corrected chi connectivity index (χ0v) is 32.8. The third kappa shape index (κ3) is 4.52. The van der Waals surface area contributed by atoms with Gasteiger partial charge in [-0.1, -0.05) is 188 Å². The summed E-state index contributed by atoms with van der Waals surface area (Å²) in [6.45, 7) is 0. The Morgan fingerprint density at radius 3 is 1.38 bits per heavy atom. The lowest BCUT2D eigenvalue weighted by atomic mass is 9.70. The first-order valence-corrected chi connectivity index (χ1v) is 20.9. The Balaban J connectivity index is 1.10. The van der Waals surface area contributed by atoms with Gasteiger partial charge in [0, 0.05) is 16.9 Å². The van der Waals surface area contributed by atoms with Gasteiger partial charge < -0.3 is 4.90 Å². The van der Waals surface area contributed by atoms with Crippen LogP contribution < -0.4 is 4.90 Å². The Hall–Kier alpha value is -7.74. The molecule has 0 saturated carbocycles. The zero-order chi connectivity index (χ0) is 39.4. The summed E-state index contributed by atoms with van der Waals surface area (Å²) >= 11 is 0. The maximum Gasteiger partial charge on any atom is 0.0746 e. The minimum atomic E-state index is -0.501. The van der Waals surface area contributed by atoms with E-state index in [0.29, 0.717) is 0 Å². The standard InChI is InChI=1S/C59H37N/c1-2-15-40-36-41(29-28-38(40)14-1)39-30-32-42(33-31-39)60(43-34-35-48-46-18-4-3-16-44(46)45-17-5-6-19-47(45)53(48)37-43)57-27-13-23-52-51-22-9-12-26-56(51)59(58(52)57)54-24-10-7-20-49(54)50-21-8-11-25-55(50)59/h1-37H. The van der Waals surface area contributed by atoms with Crippen molar-refractivity contribution >= 4 is 60.2 Å². The van der Waals surface area contributed by atoms with E-state index in [4.69, 9.17) is 0 Å². The predicted molar refractivity (Wildman–Crippen MR) is 253 cm³/mol. The smallest absolute Gasteiger partial charge is 0.0746 e. The average Bonchev–Trinajstić information content (AvgIpc) is 3.80. The molecule has 11 aromatic carbocycles. The fraction of sp³-hybridized carbons (Fsp3) is 0.0169. The molecule has 1 spiro atoms. The molecule has 11 aromatic rings. The normalized spacial score (nSPS) is 13.1. The van der Waals surface area contributed by atoms with Gasteiger partial charge in [-0.25, -0.2) is 0 Å². The van der Waals surface area contributed by atoms with Crippen LogP contribution in [0.2, 0.25) is 0 Å². The summed E-state index contributed by atoms with van der Waals surface area (Å²) in [5, 5.41) is 10.1. The quantitative estimate of drug-likeness (QED) is 0.162. The van der Waals surface area contributed by atoms with Crippen molar-refractivity contribution in [3.63, 3.8) is 0 Å². The van der Waals surface area contributed by atoms with Crippen molar-refractivity contribution in [3.05, 3.63) is 247 Å². The third-order valence-corrected chi connectivity index (χ3v) is 13.4. The first-order chi connectivity index (χ1) is 29.8. The molecule has 0 heterocycles. The van der Waals surface area contributed by atoms with Crippen LogP contribution in [0.5, 0.6) is 0 Å². The summed E-state index contributed by atoms with van der Waals surface area (Å²) in [7, 11) is 0. The van der Waals surface area contributed by atoms with Gasteiger partial charge in [-0.05, 0) is 130 Å². The average molecular weight is 760 g/mol. The van der Waals surface area contributed by atoms with E-state index in [2.05, 4.69) is 229 Å². The van der Waals surface area contributed by atoms with Crippen LogP contribution in [0.15, 0.2) is 224 Å². The maximum atomic E-state index is 2.53. The van der Waals surface area contributed by atoms with Gasteiger partial charge in [0.15, 0.2) is 0 Å². The minimum Gasteiger partial charge on any atom is -0.310 e. The highest BCUT2D eigenvalue weighted by atomic mass is 15.1. The molecule has 0 saturated heterocycles. The molecule has 0 fully saturated rings. The number of rotatable bonds is 4. The molecule has 2 aliphatic rings. The van der Waals surface area contributed by atoms with Crippen molar-refractivity contribution in [2.45, 2.75) is 5.41 Å². The van der Waals surface area contributed by atoms with Crippen molar-refractivity contribution in [2.24, 2.45) is 0 Å². The molecule has 13 rings (SSSR count). The molecule has 1 heteroatoms. The Morgan fingerprint density at radius 2 is 0.750 bits per heavy atom. The summed E-state index contributed by atoms with van der Waals surface area (Å²) in [5.74, 6) is 0. The Kier molecular flexibility index (Phi) is 7.00. The summed E-state index contributed by atoms with van der Waals surface area (Å²) in [4.78, 5) is 2.53. The molecular weight excluding hydrogens is 723 g/mol. The zero-order valence-electron chi connectivity index (χ0n) is 32.8. The molecule has 1 nitrogen and oxygen atoms in total. The highest BCUT2D eigenvalue weighted by Crippen LogP contribution is 2.65. The van der Waals surface area contributed by atoms with Crippen LogP contribution in [-0.2, 0) is 5.41 Å². The second-order valence-electron chi connectivity index (χ2n) is 16.4. The van der Waals surface area contributed by atoms with E-state index >= 15 is 0 Å². The van der Waals surface area contributed by atoms with Crippen LogP contribution in [-0.4, -0.2) is 0 Å². The molecule has 0 radical (unpaired) electrons. The van der Waals surface area contributed by atoms with Crippen LogP contribution >= 0.6 is 0 Å². The highest BCUT2D eigenvalue weighted by molar-refractivity contribution is 6.26. The summed E-state index contributed by atoms with van der Waals surface area (Å²) in [5.41, 5.74) is 15.9. The summed E-state index contributed by atoms with van der Waals surface area (Å²) in [6, 6.07) is 83.7. The van der Waals surface area contributed by atoms with Crippen molar-refractivity contribution in [1.29, 1.82) is 0 Å². The molecule has 2 aliphatic carbocycles. The largest absolute Gasteiger partial charge is 0.310 e. The molecular formula is C59H37N. The number of anilines is 3. The van der Waals surface area contributed by atoms with Gasteiger partial charge in [-0.15, -0.1) is 0 Å². The van der Waals surface area contributed by atoms with Crippen LogP contribution in [0.4, 0.5) is 17.1 Å². The van der Waals surface area contributed by atoms with Gasteiger partial charge >= 0.3 is 0 Å². The molecule has 0 bridgehead atoms. The van der Waals surface area contributed by atoms with E-state index in [-0.39, 0.29) is 0 Å². The molecule has 0 aromatic heterocycles. The van der Waals surface area contributed by atoms with Gasteiger partial charge in [0.05, 0.1) is 11.1 Å². The van der Waals surface area contributed by atoms with Crippen molar-refractivity contribution in [2.75, 3.05) is 4.90 Å². The lowest BCUT2D eigenvalue weighted by molar-refractivity contribution is 0.793. The van der Waals surface area contributed by atoms with Crippen LogP contribution in [0.1, 0.15) is 22.3 Å². The molecule has 0 N–H and O–H groups in total. The van der Waals surface area contributed by atoms with E-state index in [9.17, 15) is 0 Å². The van der Waals surface area contributed by atoms with E-state index in [1.807, 2.05) is 0 Å². The van der Waals surface area contributed by atoms with E-state index in [1.165, 1.54) is 104 Å². The number of fused-ring (bicyclic) bond motifs is 17. The Bertz CT molecular complexity index is 3460. The Labute approximate surface area is 349 Å². The van der Waals surface area contributed by atoms with Crippen molar-refractivity contribution < 1.29 is 0 Å². The molecule has 0 amide bonds. The monoisotopic (exact) mass is 759 g/mol. The van der Waals surface area contributed by atoms with Gasteiger partial charge in [0.1, 0.15) is 0 Å². The second kappa shape index (κ2) is 12.6. The number of hydrogen-bond acceptors (Lipinski definition) is 1. The molecule has 0 aliphatic heterocycles. The molecule has 278 valence electrons. The topological polar surface area (TPSA) is 3.24 Å². The van der Waals surface area contributed by atoms with Gasteiger partial charge in [0.25, 0.3) is 0 Å². The fourth-order valence-corrected chi connectivity index (χ4v) is 11.0. The second-order valence-corrected chi connectivity index (χ2v) is 16.4. The lowest BCUT2D eigenvalue weighted by Crippen LogP contribution is -2.28. The van der Waals surface area contributed by atoms with E-state index < -0.39 is 5.41 Å². The molecule has 60 heavy (non-hydrogen) atoms. The van der Waals surface area contributed by atoms with Gasteiger partial charge in [0.2, 0.25) is 0 Å². The fourth-order valence-electron chi connectivity index (χ4n) is 11.0. The van der Waals surface area contributed by atoms with Crippen LogP contribution in [0, 0.1) is 0 Å². The number of hydrogen-bond donors (Lipinski definition) is 0. The van der Waals surface area contributed by atoms with E-state index in [0.717, 1.165) is 11.4 Å². The van der Waals surface area contributed by atoms with Crippen LogP contribution in [0.3, 0.4) is 0 Å². The third-order valence-electron chi connectivity index (χ3n) is 13.4. The van der Waals surface area contributed by atoms with Gasteiger partial charge in [-0.3, -0.25) is 0 Å². The van der Waals surface area contributed by atoms with Crippen LogP contribution in [0.25, 0.3) is 76.5 Å². The van der Waals surface area contributed by atoms with E-state index in [1.54, 1.807) is 0 Å². The highest BCUT2D eigenvalue weighted by Gasteiger charge is 2.53. The Morgan fingerprint density at radius 1 is 0.283 bits per heavy atom. The maximum absolute atomic E-state index is 2.53. The number of benzene rings is 11. The molecule has 0 atom stereocenters. The van der Waals surface area contributed by atoms with Crippen molar-refractivity contribution in [1.82, 2.24) is 0 Å². The molecule has 0 unspecified atom stereocenters. The van der Waals surface area contributed by atoms with Crippen molar-refractivity contribution in [3.8, 4) is 33.4 Å². The predicted octanol–water partition coefficient (Wildman–Crippen LogP) is 15.8. The lowest BCUT2D eigenvalue weighted by Gasteiger charge is -2.36. The number of nitrogens with zero attached hydrogens (tertiary/aromatic N) is 1. The van der Waals surface area contributed by atoms with Gasteiger partial charge in [-0.2, -0.15) is 0 Å². The first kappa shape index (κ1) is 33.3. The minimum absolute atomic E-state index is 0.501. The summed E-state index contributed by atoms with van der Waals surface area (Å²) < 4.78 is 0. The first-order valence-electron chi connectivity index (χ1n) is 20.9.